The molecule has 3 aromatic heterocycles. The van der Waals surface area contributed by atoms with E-state index >= 15 is 0 Å². The van der Waals surface area contributed by atoms with Crippen LogP contribution < -0.4 is 37.6 Å². The van der Waals surface area contributed by atoms with Crippen LogP contribution in [0.2, 0.25) is 0 Å². The molecule has 0 radical (unpaired) electrons. The molecular weight excluding hydrogens is 1180 g/mol. The lowest BCUT2D eigenvalue weighted by atomic mass is 9.39. The number of hydrogen-bond donors (Lipinski definition) is 8. The van der Waals surface area contributed by atoms with Gasteiger partial charge < -0.3 is 51.8 Å². The second-order valence-corrected chi connectivity index (χ2v) is 28.3. The number of carbonyl (C=O) groups is 6. The molecule has 5 aliphatic rings. The number of nitrogens with two attached hydrogens (primary N) is 2. The van der Waals surface area contributed by atoms with Crippen molar-refractivity contribution in [2.75, 3.05) is 54.1 Å². The van der Waals surface area contributed by atoms with Gasteiger partial charge in [0.25, 0.3) is 16.0 Å². The number of amides is 6. The van der Waals surface area contributed by atoms with Crippen molar-refractivity contribution in [3.8, 4) is 11.1 Å². The third-order valence-electron chi connectivity index (χ3n) is 17.8. The molecule has 4 aliphatic carbocycles. The topological polar surface area (TPSA) is 346 Å². The van der Waals surface area contributed by atoms with E-state index in [1.807, 2.05) is 59.0 Å². The van der Waals surface area contributed by atoms with Crippen LogP contribution in [0, 0.1) is 29.1 Å². The number of rotatable bonds is 25. The highest BCUT2D eigenvalue weighted by Gasteiger charge is 2.66. The highest BCUT2D eigenvalue weighted by Crippen LogP contribution is 2.72. The number of benzene rings is 3. The molecule has 26 heteroatoms. The Labute approximate surface area is 520 Å². The second-order valence-electron chi connectivity index (χ2n) is 25.7. The molecule has 89 heavy (non-hydrogen) atoms. The van der Waals surface area contributed by atoms with E-state index in [1.165, 1.54) is 16.2 Å². The quantitative estimate of drug-likeness (QED) is 0.0199. The first-order valence-electron chi connectivity index (χ1n) is 30.0. The Morgan fingerprint density at radius 3 is 2.30 bits per heavy atom. The van der Waals surface area contributed by atoms with Crippen LogP contribution in [-0.4, -0.2) is 135 Å². The molecule has 6 aromatic rings. The van der Waals surface area contributed by atoms with Crippen molar-refractivity contribution in [2.45, 2.75) is 130 Å². The Morgan fingerprint density at radius 1 is 0.865 bits per heavy atom. The summed E-state index contributed by atoms with van der Waals surface area (Å²) in [4.78, 5) is 90.6. The van der Waals surface area contributed by atoms with Crippen LogP contribution in [0.3, 0.4) is 0 Å². The van der Waals surface area contributed by atoms with Crippen LogP contribution in [0.4, 0.5) is 26.2 Å². The Kier molecular flexibility index (Phi) is 18.6. The van der Waals surface area contributed by atoms with Gasteiger partial charge in [-0.25, -0.2) is 24.4 Å². The third kappa shape index (κ3) is 15.0. The van der Waals surface area contributed by atoms with Crippen LogP contribution in [-0.2, 0) is 55.3 Å². The van der Waals surface area contributed by atoms with Crippen molar-refractivity contribution < 1.29 is 56.3 Å². The average Bonchev–Trinajstić information content (AvgIpc) is 1.02. The van der Waals surface area contributed by atoms with E-state index in [9.17, 15) is 46.8 Å². The van der Waals surface area contributed by atoms with Gasteiger partial charge in [-0.2, -0.15) is 13.5 Å². The Hall–Kier alpha value is -8.04. The first kappa shape index (κ1) is 64.0. The second kappa shape index (κ2) is 25.8. The minimum Gasteiger partial charge on any atom is -0.476 e. The number of nitrogens with zero attached hydrogens (tertiary/aromatic N) is 6. The number of anilines is 3. The molecule has 0 spiro atoms. The number of aromatic carboxylic acids is 1. The molecule has 4 saturated carbocycles. The summed E-state index contributed by atoms with van der Waals surface area (Å²) in [6, 6.07) is 20.9. The van der Waals surface area contributed by atoms with Crippen molar-refractivity contribution in [1.82, 2.24) is 35.3 Å². The van der Waals surface area contributed by atoms with Crippen LogP contribution in [0.25, 0.3) is 21.3 Å². The zero-order valence-corrected chi connectivity index (χ0v) is 52.3. The summed E-state index contributed by atoms with van der Waals surface area (Å²) >= 11 is 1.40. The molecule has 3 aromatic carbocycles. The molecule has 4 atom stereocenters. The number of hydrogen-bond acceptors (Lipinski definition) is 16. The number of thiazole rings is 1. The minimum absolute atomic E-state index is 0.0325. The van der Waals surface area contributed by atoms with Gasteiger partial charge in [0, 0.05) is 67.3 Å². The van der Waals surface area contributed by atoms with Gasteiger partial charge in [0.15, 0.2) is 10.8 Å². The predicted molar refractivity (Wildman–Crippen MR) is 336 cm³/mol. The standard InChI is InChI=1S/C63H78N12O12S2/c1-38(2)51(64)55(78)69-48(13-9-22-66-57(65)81)54(77)68-42-17-15-40(16-18-42)30-86-59(82)73(25-27-89(83,84)85)24-26-87-63-34-60(4)31-61(5,35-63)33-62(32-60,36-63)37-75-39(3)45(28-67-75)43-19-20-50(71-52(43)56(79)80)74-23-21-41-10-8-11-44(46(41)29-74)53(76)72-58-70-47-12-6-7-14-49(47)88-58/h6-8,10-12,14-20,28,38,48,51H,9,13,21-27,29-37,64H2,1-5H3,(H,68,77)(H,69,78)(H,79,80)(H3,65,66,81)(H,70,72,76)(H,83,84,85)/t48-,51-,60?,61?,62?,63?/m0/s1. The number of urea groups is 1. The lowest BCUT2D eigenvalue weighted by molar-refractivity contribution is -0.248. The van der Waals surface area contributed by atoms with E-state index in [0.717, 1.165) is 59.1 Å². The molecule has 0 saturated heterocycles. The summed E-state index contributed by atoms with van der Waals surface area (Å²) < 4.78 is 49.3. The van der Waals surface area contributed by atoms with Crippen LogP contribution in [0.5, 0.6) is 0 Å². The molecule has 4 fully saturated rings. The molecule has 11 rings (SSSR count). The maximum Gasteiger partial charge on any atom is 0.410 e. The van der Waals surface area contributed by atoms with Crippen LogP contribution in [0.15, 0.2) is 85.1 Å². The van der Waals surface area contributed by atoms with Crippen molar-refractivity contribution in [2.24, 2.45) is 33.6 Å². The number of ether oxygens (including phenoxy) is 2. The van der Waals surface area contributed by atoms with Crippen molar-refractivity contribution in [3.05, 3.63) is 119 Å². The SMILES string of the molecule is Cc1c(-c2ccc(N3CCc4cccc(C(=O)Nc5nc6ccccc6s5)c4C3)nc2C(=O)O)cnn1CC12CC3(C)CC(C)(C1)CC(OCCN(CCS(=O)(=O)O)C(=O)OCc1ccc(NC(=O)[C@H](CCCNC(N)=O)NC(=O)[C@@H](N)C(C)C)cc1)(C3)C2. The van der Waals surface area contributed by atoms with Gasteiger partial charge in [0.05, 0.1) is 40.4 Å². The number of carboxylic acids is 1. The lowest BCUT2D eigenvalue weighted by Crippen LogP contribution is -2.64. The third-order valence-corrected chi connectivity index (χ3v) is 19.5. The number of carboxylic acid groups (broad SMARTS) is 1. The average molecular weight is 1260 g/mol. The summed E-state index contributed by atoms with van der Waals surface area (Å²) in [5.41, 5.74) is 16.1. The van der Waals surface area contributed by atoms with Gasteiger partial charge in [-0.3, -0.25) is 28.9 Å². The minimum atomic E-state index is -4.47. The van der Waals surface area contributed by atoms with Crippen molar-refractivity contribution in [1.29, 1.82) is 0 Å². The van der Waals surface area contributed by atoms with Gasteiger partial charge in [-0.05, 0) is 146 Å². The molecule has 2 unspecified atom stereocenters. The number of aromatic nitrogens is 4. The summed E-state index contributed by atoms with van der Waals surface area (Å²) in [6.07, 6.45) is 7.12. The number of carbonyl (C=O) groups excluding carboxylic acids is 5. The Bertz CT molecular complexity index is 3750. The fraction of sp³-hybridized carbons (Fsp3) is 0.476. The maximum absolute atomic E-state index is 13.8. The number of para-hydroxylation sites is 1. The molecule has 24 nitrogen and oxygen atoms in total. The fourth-order valence-electron chi connectivity index (χ4n) is 14.8. The molecule has 4 heterocycles. The van der Waals surface area contributed by atoms with Crippen LogP contribution in [0.1, 0.15) is 122 Å². The molecule has 474 valence electrons. The number of pyridine rings is 1. The molecule has 10 N–H and O–H groups in total. The van der Waals surface area contributed by atoms with Crippen molar-refractivity contribution >= 4 is 84.1 Å². The van der Waals surface area contributed by atoms with E-state index in [1.54, 1.807) is 56.4 Å². The van der Waals surface area contributed by atoms with E-state index in [2.05, 4.69) is 40.1 Å². The highest BCUT2D eigenvalue weighted by molar-refractivity contribution is 7.85. The summed E-state index contributed by atoms with van der Waals surface area (Å²) in [7, 11) is -4.47. The van der Waals surface area contributed by atoms with E-state index in [-0.39, 0.29) is 73.0 Å². The fourth-order valence-corrected chi connectivity index (χ4v) is 16.1. The zero-order valence-electron chi connectivity index (χ0n) is 50.7. The molecular formula is C63H78N12O12S2. The smallest absolute Gasteiger partial charge is 0.410 e. The normalized spacial score (nSPS) is 21.6. The first-order valence-corrected chi connectivity index (χ1v) is 32.4. The lowest BCUT2D eigenvalue weighted by Gasteiger charge is -2.69. The van der Waals surface area contributed by atoms with Gasteiger partial charge in [-0.1, -0.05) is 75.4 Å². The molecule has 4 bridgehead atoms. The molecule has 6 amide bonds. The highest BCUT2D eigenvalue weighted by atomic mass is 32.2. The Balaban J connectivity index is 0.781. The maximum atomic E-state index is 13.8. The largest absolute Gasteiger partial charge is 0.476 e. The van der Waals surface area contributed by atoms with Crippen LogP contribution >= 0.6 is 11.3 Å². The number of nitrogens with one attached hydrogen (secondary N) is 4. The van der Waals surface area contributed by atoms with E-state index < -0.39 is 63.5 Å². The zero-order chi connectivity index (χ0) is 63.6. The van der Waals surface area contributed by atoms with Crippen molar-refractivity contribution in [3.63, 3.8) is 0 Å². The molecule has 1 aliphatic heterocycles. The van der Waals surface area contributed by atoms with E-state index in [0.29, 0.717) is 77.8 Å². The summed E-state index contributed by atoms with van der Waals surface area (Å²) in [5.74, 6) is -2.91. The predicted octanol–water partition coefficient (Wildman–Crippen LogP) is 7.89. The van der Waals surface area contributed by atoms with Gasteiger partial charge in [-0.15, -0.1) is 0 Å². The number of fused-ring (bicyclic) bond motifs is 2. The summed E-state index contributed by atoms with van der Waals surface area (Å²) in [5, 5.41) is 27.1. The van der Waals surface area contributed by atoms with Gasteiger partial charge in [0.2, 0.25) is 11.8 Å². The number of primary amides is 1. The first-order chi connectivity index (χ1) is 42.2. The van der Waals surface area contributed by atoms with Gasteiger partial charge in [0.1, 0.15) is 18.5 Å². The Morgan fingerprint density at radius 2 is 1.61 bits per heavy atom. The van der Waals surface area contributed by atoms with Gasteiger partial charge >= 0.3 is 18.1 Å². The van der Waals surface area contributed by atoms with E-state index in [4.69, 9.17) is 31.0 Å². The monoisotopic (exact) mass is 1260 g/mol. The summed E-state index contributed by atoms with van der Waals surface area (Å²) in [6.45, 7) is 11.2.